The number of alkyl halides is 3. The number of methoxy groups -OCH3 is 1. The van der Waals surface area contributed by atoms with Gasteiger partial charge in [0.05, 0.1) is 13.7 Å². The Kier molecular flexibility index (Phi) is 8.22. The first kappa shape index (κ1) is 21.3. The lowest BCUT2D eigenvalue weighted by Gasteiger charge is -2.19. The van der Waals surface area contributed by atoms with Gasteiger partial charge in [0.2, 0.25) is 0 Å². The molecular formula is C19H29F3N4O. The summed E-state index contributed by atoms with van der Waals surface area (Å²) in [6.45, 7) is 3.31. The Morgan fingerprint density at radius 1 is 1.37 bits per heavy atom. The van der Waals surface area contributed by atoms with Gasteiger partial charge >= 0.3 is 6.18 Å². The third kappa shape index (κ3) is 8.07. The number of nitrogens with one attached hydrogen (secondary N) is 2. The van der Waals surface area contributed by atoms with Crippen LogP contribution in [0.4, 0.5) is 13.2 Å². The molecular weight excluding hydrogens is 357 g/mol. The lowest BCUT2D eigenvalue weighted by molar-refractivity contribution is -0.143. The van der Waals surface area contributed by atoms with Crippen molar-refractivity contribution in [2.24, 2.45) is 4.99 Å². The zero-order valence-electron chi connectivity index (χ0n) is 16.0. The minimum atomic E-state index is -4.15. The molecule has 1 unspecified atom stereocenters. The average molecular weight is 386 g/mol. The molecule has 0 aliphatic carbocycles. The number of aliphatic imine (C=N–C) groups is 1. The monoisotopic (exact) mass is 386 g/mol. The molecule has 0 radical (unpaired) electrons. The number of benzene rings is 1. The SMILES string of the molecule is CCNC(=NCCCc1cccc(OC)c1)NC1CCN(CC(F)(F)F)C1. The predicted octanol–water partition coefficient (Wildman–Crippen LogP) is 2.82. The summed E-state index contributed by atoms with van der Waals surface area (Å²) in [6.07, 6.45) is -1.69. The molecule has 0 amide bonds. The largest absolute Gasteiger partial charge is 0.497 e. The number of guanidine groups is 1. The van der Waals surface area contributed by atoms with Gasteiger partial charge in [-0.1, -0.05) is 12.1 Å². The normalized spacial score (nSPS) is 18.6. The minimum Gasteiger partial charge on any atom is -0.497 e. The average Bonchev–Trinajstić information content (AvgIpc) is 3.04. The fraction of sp³-hybridized carbons (Fsp3) is 0.632. The Morgan fingerprint density at radius 3 is 2.89 bits per heavy atom. The van der Waals surface area contributed by atoms with E-state index in [0.29, 0.717) is 38.6 Å². The van der Waals surface area contributed by atoms with E-state index in [-0.39, 0.29) is 6.04 Å². The number of hydrogen-bond donors (Lipinski definition) is 2. The molecule has 1 aromatic carbocycles. The first-order valence-electron chi connectivity index (χ1n) is 9.36. The first-order valence-corrected chi connectivity index (χ1v) is 9.36. The third-order valence-corrected chi connectivity index (χ3v) is 4.39. The van der Waals surface area contributed by atoms with Crippen molar-refractivity contribution >= 4 is 5.96 Å². The molecule has 1 fully saturated rings. The number of hydrogen-bond acceptors (Lipinski definition) is 3. The van der Waals surface area contributed by atoms with Gasteiger partial charge in [0.1, 0.15) is 5.75 Å². The Balaban J connectivity index is 1.78. The van der Waals surface area contributed by atoms with Crippen molar-refractivity contribution in [2.75, 3.05) is 39.8 Å². The zero-order valence-corrected chi connectivity index (χ0v) is 16.0. The van der Waals surface area contributed by atoms with Crippen molar-refractivity contribution in [3.63, 3.8) is 0 Å². The summed E-state index contributed by atoms with van der Waals surface area (Å²) in [6, 6.07) is 7.95. The summed E-state index contributed by atoms with van der Waals surface area (Å²) < 4.78 is 42.7. The van der Waals surface area contributed by atoms with Crippen LogP contribution in [0.1, 0.15) is 25.3 Å². The molecule has 27 heavy (non-hydrogen) atoms. The van der Waals surface area contributed by atoms with Crippen LogP contribution in [-0.4, -0.2) is 62.9 Å². The molecule has 1 heterocycles. The number of halogens is 3. The van der Waals surface area contributed by atoms with Gasteiger partial charge in [0, 0.05) is 32.2 Å². The number of rotatable bonds is 8. The second kappa shape index (κ2) is 10.4. The van der Waals surface area contributed by atoms with Gasteiger partial charge in [0.15, 0.2) is 5.96 Å². The van der Waals surface area contributed by atoms with E-state index in [2.05, 4.69) is 21.7 Å². The summed E-state index contributed by atoms with van der Waals surface area (Å²) in [5.41, 5.74) is 1.20. The van der Waals surface area contributed by atoms with Gasteiger partial charge in [-0.2, -0.15) is 13.2 Å². The van der Waals surface area contributed by atoms with Crippen LogP contribution in [0.15, 0.2) is 29.3 Å². The number of ether oxygens (including phenoxy) is 1. The van der Waals surface area contributed by atoms with E-state index in [0.717, 1.165) is 18.6 Å². The van der Waals surface area contributed by atoms with Crippen LogP contribution in [0.5, 0.6) is 5.75 Å². The maximum atomic E-state index is 12.5. The zero-order chi connectivity index (χ0) is 19.7. The fourth-order valence-corrected chi connectivity index (χ4v) is 3.16. The van der Waals surface area contributed by atoms with Gasteiger partial charge in [-0.15, -0.1) is 0 Å². The molecule has 0 spiro atoms. The van der Waals surface area contributed by atoms with Crippen LogP contribution in [0.25, 0.3) is 0 Å². The van der Waals surface area contributed by atoms with Gasteiger partial charge in [0.25, 0.3) is 0 Å². The van der Waals surface area contributed by atoms with Gasteiger partial charge in [-0.25, -0.2) is 0 Å². The highest BCUT2D eigenvalue weighted by molar-refractivity contribution is 5.80. The topological polar surface area (TPSA) is 48.9 Å². The summed E-state index contributed by atoms with van der Waals surface area (Å²) in [7, 11) is 1.65. The smallest absolute Gasteiger partial charge is 0.401 e. The van der Waals surface area contributed by atoms with Crippen LogP contribution >= 0.6 is 0 Å². The molecule has 1 atom stereocenters. The Hall–Kier alpha value is -1.96. The highest BCUT2D eigenvalue weighted by Gasteiger charge is 2.34. The molecule has 1 aromatic rings. The molecule has 0 saturated carbocycles. The van der Waals surface area contributed by atoms with Crippen LogP contribution in [0.3, 0.4) is 0 Å². The van der Waals surface area contributed by atoms with E-state index < -0.39 is 12.7 Å². The summed E-state index contributed by atoms with van der Waals surface area (Å²) in [5.74, 6) is 1.51. The molecule has 0 bridgehead atoms. The molecule has 1 saturated heterocycles. The van der Waals surface area contributed by atoms with E-state index in [1.165, 1.54) is 10.5 Å². The van der Waals surface area contributed by atoms with Crippen molar-refractivity contribution in [3.05, 3.63) is 29.8 Å². The molecule has 1 aliphatic heterocycles. The van der Waals surface area contributed by atoms with Crippen molar-refractivity contribution in [2.45, 2.75) is 38.4 Å². The maximum absolute atomic E-state index is 12.5. The quantitative estimate of drug-likeness (QED) is 0.410. The van der Waals surface area contributed by atoms with Crippen molar-refractivity contribution < 1.29 is 17.9 Å². The molecule has 5 nitrogen and oxygen atoms in total. The molecule has 8 heteroatoms. The highest BCUT2D eigenvalue weighted by atomic mass is 19.4. The van der Waals surface area contributed by atoms with Crippen LogP contribution in [-0.2, 0) is 6.42 Å². The fourth-order valence-electron chi connectivity index (χ4n) is 3.16. The van der Waals surface area contributed by atoms with E-state index in [9.17, 15) is 13.2 Å². The Labute approximate surface area is 159 Å². The van der Waals surface area contributed by atoms with Crippen molar-refractivity contribution in [1.82, 2.24) is 15.5 Å². The predicted molar refractivity (Wildman–Crippen MR) is 101 cm³/mol. The van der Waals surface area contributed by atoms with Crippen LogP contribution < -0.4 is 15.4 Å². The van der Waals surface area contributed by atoms with E-state index in [1.807, 2.05) is 25.1 Å². The number of aryl methyl sites for hydroxylation is 1. The van der Waals surface area contributed by atoms with Gasteiger partial charge in [-0.3, -0.25) is 9.89 Å². The second-order valence-corrected chi connectivity index (χ2v) is 6.70. The molecule has 2 rings (SSSR count). The Morgan fingerprint density at radius 2 is 2.19 bits per heavy atom. The Bertz CT molecular complexity index is 607. The number of nitrogens with zero attached hydrogens (tertiary/aromatic N) is 2. The lowest BCUT2D eigenvalue weighted by Crippen LogP contribution is -2.45. The van der Waals surface area contributed by atoms with Crippen molar-refractivity contribution in [3.8, 4) is 5.75 Å². The second-order valence-electron chi connectivity index (χ2n) is 6.70. The van der Waals surface area contributed by atoms with Gasteiger partial charge < -0.3 is 15.4 Å². The molecule has 1 aliphatic rings. The maximum Gasteiger partial charge on any atom is 0.401 e. The van der Waals surface area contributed by atoms with Crippen LogP contribution in [0.2, 0.25) is 0 Å². The molecule has 0 aromatic heterocycles. The van der Waals surface area contributed by atoms with E-state index >= 15 is 0 Å². The van der Waals surface area contributed by atoms with Crippen molar-refractivity contribution in [1.29, 1.82) is 0 Å². The van der Waals surface area contributed by atoms with E-state index in [1.54, 1.807) is 7.11 Å². The first-order chi connectivity index (χ1) is 12.9. The highest BCUT2D eigenvalue weighted by Crippen LogP contribution is 2.20. The molecule has 152 valence electrons. The summed E-state index contributed by atoms with van der Waals surface area (Å²) >= 11 is 0. The van der Waals surface area contributed by atoms with E-state index in [4.69, 9.17) is 4.74 Å². The lowest BCUT2D eigenvalue weighted by atomic mass is 10.1. The van der Waals surface area contributed by atoms with Gasteiger partial charge in [-0.05, 0) is 43.9 Å². The molecule has 2 N–H and O–H groups in total. The third-order valence-electron chi connectivity index (χ3n) is 4.39. The number of likely N-dealkylation sites (tertiary alicyclic amines) is 1. The summed E-state index contributed by atoms with van der Waals surface area (Å²) in [5, 5.41) is 6.43. The summed E-state index contributed by atoms with van der Waals surface area (Å²) in [4.78, 5) is 5.99. The standard InChI is InChI=1S/C19H29F3N4O/c1-3-23-18(25-16-9-11-26(13-16)14-19(20,21)22)24-10-5-7-15-6-4-8-17(12-15)27-2/h4,6,8,12,16H,3,5,7,9-11,13-14H2,1-2H3,(H2,23,24,25). The minimum absolute atomic E-state index is 0.0106. The van der Waals surface area contributed by atoms with Crippen LogP contribution in [0, 0.1) is 0 Å².